The molecule has 6 heteroatoms. The summed E-state index contributed by atoms with van der Waals surface area (Å²) in [5.41, 5.74) is 0.0690. The third kappa shape index (κ3) is 4.82. The molecule has 23 heavy (non-hydrogen) atoms. The minimum atomic E-state index is 0.0690. The number of hydrogen-bond acceptors (Lipinski definition) is 4. The molecule has 1 aliphatic heterocycles. The average molecular weight is 319 g/mol. The van der Waals surface area contributed by atoms with Crippen molar-refractivity contribution in [1.29, 1.82) is 0 Å². The van der Waals surface area contributed by atoms with Crippen LogP contribution >= 0.6 is 0 Å². The summed E-state index contributed by atoms with van der Waals surface area (Å²) >= 11 is 0. The molecule has 0 bridgehead atoms. The predicted octanol–water partition coefficient (Wildman–Crippen LogP) is 1.45. The Bertz CT molecular complexity index is 515. The van der Waals surface area contributed by atoms with Gasteiger partial charge in [-0.15, -0.1) is 0 Å². The molecule has 1 N–H and O–H groups in total. The van der Waals surface area contributed by atoms with Crippen molar-refractivity contribution in [2.75, 3.05) is 40.8 Å². The fraction of sp³-hybridized carbons (Fsp3) is 0.647. The van der Waals surface area contributed by atoms with Crippen LogP contribution in [-0.2, 0) is 0 Å². The van der Waals surface area contributed by atoms with Crippen LogP contribution in [0.25, 0.3) is 0 Å². The molecule has 1 aromatic rings. The summed E-state index contributed by atoms with van der Waals surface area (Å²) in [7, 11) is 6.02. The summed E-state index contributed by atoms with van der Waals surface area (Å²) in [6.07, 6.45) is 2.89. The molecule has 1 unspecified atom stereocenters. The van der Waals surface area contributed by atoms with Gasteiger partial charge in [0.25, 0.3) is 0 Å². The van der Waals surface area contributed by atoms with E-state index in [0.29, 0.717) is 5.88 Å². The van der Waals surface area contributed by atoms with E-state index >= 15 is 0 Å². The van der Waals surface area contributed by atoms with E-state index in [0.717, 1.165) is 32.0 Å². The van der Waals surface area contributed by atoms with E-state index in [4.69, 9.17) is 4.74 Å². The number of nitrogens with zero attached hydrogens (tertiary/aromatic N) is 4. The van der Waals surface area contributed by atoms with Gasteiger partial charge >= 0.3 is 0 Å². The summed E-state index contributed by atoms with van der Waals surface area (Å²) in [4.78, 5) is 13.1. The molecule has 1 aromatic heterocycles. The van der Waals surface area contributed by atoms with Crippen molar-refractivity contribution >= 4 is 5.96 Å². The van der Waals surface area contributed by atoms with Gasteiger partial charge in [-0.3, -0.25) is 4.99 Å². The Hall–Kier alpha value is -1.82. The van der Waals surface area contributed by atoms with Gasteiger partial charge in [0.2, 0.25) is 5.88 Å². The second-order valence-electron chi connectivity index (χ2n) is 6.75. The largest absolute Gasteiger partial charge is 0.472 e. The van der Waals surface area contributed by atoms with Crippen LogP contribution in [0, 0.1) is 0 Å². The van der Waals surface area contributed by atoms with Gasteiger partial charge in [0, 0.05) is 44.4 Å². The molecular formula is C17H29N5O. The Balaban J connectivity index is 1.86. The highest BCUT2D eigenvalue weighted by Gasteiger charge is 2.28. The summed E-state index contributed by atoms with van der Waals surface area (Å²) in [6.45, 7) is 7.04. The number of hydrogen-bond donors (Lipinski definition) is 1. The second kappa shape index (κ2) is 7.64. The molecule has 0 spiro atoms. The molecule has 1 saturated heterocycles. The number of pyridine rings is 1. The lowest BCUT2D eigenvalue weighted by molar-refractivity contribution is 0.193. The lowest BCUT2D eigenvalue weighted by Gasteiger charge is -2.34. The molecule has 0 amide bonds. The minimum absolute atomic E-state index is 0.0690. The Morgan fingerprint density at radius 2 is 2.26 bits per heavy atom. The maximum Gasteiger partial charge on any atom is 0.213 e. The molecule has 0 radical (unpaired) electrons. The van der Waals surface area contributed by atoms with E-state index in [-0.39, 0.29) is 11.6 Å². The molecule has 2 heterocycles. The van der Waals surface area contributed by atoms with E-state index < -0.39 is 0 Å². The summed E-state index contributed by atoms with van der Waals surface area (Å²) < 4.78 is 5.94. The fourth-order valence-corrected chi connectivity index (χ4v) is 2.39. The average Bonchev–Trinajstić information content (AvgIpc) is 2.97. The topological polar surface area (TPSA) is 53.0 Å². The van der Waals surface area contributed by atoms with Crippen molar-refractivity contribution in [1.82, 2.24) is 20.1 Å². The van der Waals surface area contributed by atoms with E-state index in [2.05, 4.69) is 53.0 Å². The van der Waals surface area contributed by atoms with Gasteiger partial charge in [-0.25, -0.2) is 4.98 Å². The van der Waals surface area contributed by atoms with Crippen LogP contribution in [0.5, 0.6) is 5.88 Å². The normalized spacial score (nSPS) is 19.3. The molecule has 1 aliphatic rings. The number of likely N-dealkylation sites (N-methyl/N-ethyl adjacent to an activating group) is 1. The quantitative estimate of drug-likeness (QED) is 0.658. The van der Waals surface area contributed by atoms with Crippen LogP contribution in [0.3, 0.4) is 0 Å². The second-order valence-corrected chi connectivity index (χ2v) is 6.75. The van der Waals surface area contributed by atoms with E-state index in [1.165, 1.54) is 0 Å². The van der Waals surface area contributed by atoms with Crippen molar-refractivity contribution in [2.24, 2.45) is 4.99 Å². The number of nitrogens with one attached hydrogen (secondary N) is 1. The highest BCUT2D eigenvalue weighted by atomic mass is 16.5. The van der Waals surface area contributed by atoms with Crippen molar-refractivity contribution < 1.29 is 4.74 Å². The zero-order chi connectivity index (χ0) is 16.9. The van der Waals surface area contributed by atoms with Gasteiger partial charge in [0.05, 0.1) is 6.54 Å². The molecule has 2 rings (SSSR count). The molecule has 0 aliphatic carbocycles. The van der Waals surface area contributed by atoms with Crippen LogP contribution in [0.4, 0.5) is 0 Å². The number of ether oxygens (including phenoxy) is 1. The van der Waals surface area contributed by atoms with E-state index in [1.54, 1.807) is 6.20 Å². The summed E-state index contributed by atoms with van der Waals surface area (Å²) in [5.74, 6) is 1.63. The Morgan fingerprint density at radius 3 is 2.87 bits per heavy atom. The van der Waals surface area contributed by atoms with Gasteiger partial charge in [-0.05, 0) is 34.0 Å². The van der Waals surface area contributed by atoms with Crippen LogP contribution in [0.15, 0.2) is 29.4 Å². The Labute approximate surface area is 139 Å². The van der Waals surface area contributed by atoms with Crippen molar-refractivity contribution in [3.63, 3.8) is 0 Å². The van der Waals surface area contributed by atoms with Crippen LogP contribution in [0.2, 0.25) is 0 Å². The first-order chi connectivity index (χ1) is 10.9. The maximum atomic E-state index is 5.94. The zero-order valence-corrected chi connectivity index (χ0v) is 14.9. The predicted molar refractivity (Wildman–Crippen MR) is 94.0 cm³/mol. The highest BCUT2D eigenvalue weighted by Crippen LogP contribution is 2.16. The monoisotopic (exact) mass is 319 g/mol. The number of aromatic nitrogens is 1. The van der Waals surface area contributed by atoms with Crippen LogP contribution < -0.4 is 10.1 Å². The van der Waals surface area contributed by atoms with Gasteiger partial charge in [0.1, 0.15) is 6.10 Å². The lowest BCUT2D eigenvalue weighted by atomic mass is 10.0. The molecule has 1 atom stereocenters. The molecule has 128 valence electrons. The smallest absolute Gasteiger partial charge is 0.213 e. The minimum Gasteiger partial charge on any atom is -0.472 e. The standard InChI is InChI=1S/C17H29N5O/c1-17(2,21(4)5)13-20-16(18-3)22-11-9-14(12-22)23-15-8-6-7-10-19-15/h6-8,10,14H,9,11-13H2,1-5H3,(H,18,20). The van der Waals surface area contributed by atoms with Gasteiger partial charge < -0.3 is 19.9 Å². The van der Waals surface area contributed by atoms with Gasteiger partial charge in [0.15, 0.2) is 5.96 Å². The highest BCUT2D eigenvalue weighted by molar-refractivity contribution is 5.80. The van der Waals surface area contributed by atoms with Crippen molar-refractivity contribution in [3.05, 3.63) is 24.4 Å². The van der Waals surface area contributed by atoms with E-state index in [9.17, 15) is 0 Å². The summed E-state index contributed by atoms with van der Waals surface area (Å²) in [5, 5.41) is 3.48. The first kappa shape index (κ1) is 17.5. The fourth-order valence-electron chi connectivity index (χ4n) is 2.39. The third-order valence-electron chi connectivity index (χ3n) is 4.47. The Morgan fingerprint density at radius 1 is 1.48 bits per heavy atom. The number of rotatable bonds is 5. The third-order valence-corrected chi connectivity index (χ3v) is 4.47. The van der Waals surface area contributed by atoms with E-state index in [1.807, 2.05) is 25.2 Å². The van der Waals surface area contributed by atoms with Crippen molar-refractivity contribution in [2.45, 2.75) is 31.9 Å². The molecule has 0 saturated carbocycles. The first-order valence-corrected chi connectivity index (χ1v) is 8.13. The van der Waals surface area contributed by atoms with Crippen LogP contribution in [0.1, 0.15) is 20.3 Å². The lowest BCUT2D eigenvalue weighted by Crippen LogP contribution is -2.51. The molecule has 0 aromatic carbocycles. The maximum absolute atomic E-state index is 5.94. The number of guanidine groups is 1. The van der Waals surface area contributed by atoms with Crippen molar-refractivity contribution in [3.8, 4) is 5.88 Å². The molecule has 6 nitrogen and oxygen atoms in total. The summed E-state index contributed by atoms with van der Waals surface area (Å²) in [6, 6.07) is 5.74. The van der Waals surface area contributed by atoms with Gasteiger partial charge in [-0.2, -0.15) is 0 Å². The molecular weight excluding hydrogens is 290 g/mol. The first-order valence-electron chi connectivity index (χ1n) is 8.13. The van der Waals surface area contributed by atoms with Crippen LogP contribution in [-0.4, -0.2) is 73.2 Å². The number of aliphatic imine (C=N–C) groups is 1. The number of likely N-dealkylation sites (tertiary alicyclic amines) is 1. The zero-order valence-electron chi connectivity index (χ0n) is 14.9. The van der Waals surface area contributed by atoms with Gasteiger partial charge in [-0.1, -0.05) is 6.07 Å². The SMILES string of the molecule is CN=C(NCC(C)(C)N(C)C)N1CCC(Oc2ccccn2)C1. The Kier molecular flexibility index (Phi) is 5.82. The molecule has 1 fully saturated rings.